The Morgan fingerprint density at radius 1 is 1.26 bits per heavy atom. The standard InChI is InChI=1S/C13H14F3N3/c1-9-7-19(12(17-2)18-9)8-10-5-3-4-6-11(10)13(14,15)16/h3-7H,8H2,1-2H3,(H,17,18). The lowest BCUT2D eigenvalue weighted by Crippen LogP contribution is -2.12. The van der Waals surface area contributed by atoms with E-state index in [0.717, 1.165) is 11.8 Å². The molecule has 0 saturated heterocycles. The number of aryl methyl sites for hydroxylation is 1. The molecule has 0 aliphatic heterocycles. The average molecular weight is 269 g/mol. The van der Waals surface area contributed by atoms with Crippen LogP contribution in [0.3, 0.4) is 0 Å². The molecule has 0 aliphatic carbocycles. The number of nitrogens with zero attached hydrogens (tertiary/aromatic N) is 2. The maximum absolute atomic E-state index is 12.9. The number of nitrogens with one attached hydrogen (secondary N) is 1. The normalized spacial score (nSPS) is 11.6. The first kappa shape index (κ1) is 13.5. The summed E-state index contributed by atoms with van der Waals surface area (Å²) < 4.78 is 40.4. The van der Waals surface area contributed by atoms with Crippen LogP contribution in [-0.2, 0) is 12.7 Å². The molecular formula is C13H14F3N3. The van der Waals surface area contributed by atoms with Gasteiger partial charge in [-0.1, -0.05) is 18.2 Å². The second kappa shape index (κ2) is 4.95. The van der Waals surface area contributed by atoms with Crippen LogP contribution in [0.1, 0.15) is 16.8 Å². The van der Waals surface area contributed by atoms with Crippen LogP contribution in [0.25, 0.3) is 0 Å². The molecule has 0 aliphatic rings. The third-order valence-electron chi connectivity index (χ3n) is 2.78. The number of alkyl halides is 3. The van der Waals surface area contributed by atoms with Crippen molar-refractivity contribution in [3.63, 3.8) is 0 Å². The Morgan fingerprint density at radius 3 is 2.58 bits per heavy atom. The minimum atomic E-state index is -4.34. The summed E-state index contributed by atoms with van der Waals surface area (Å²) in [5.74, 6) is 0.550. The summed E-state index contributed by atoms with van der Waals surface area (Å²) >= 11 is 0. The van der Waals surface area contributed by atoms with Gasteiger partial charge in [0.05, 0.1) is 17.8 Å². The number of rotatable bonds is 3. The molecule has 0 saturated carbocycles. The van der Waals surface area contributed by atoms with E-state index in [1.807, 2.05) is 0 Å². The molecule has 1 aromatic carbocycles. The van der Waals surface area contributed by atoms with Crippen LogP contribution in [0.2, 0.25) is 0 Å². The first-order valence-electron chi connectivity index (χ1n) is 5.78. The molecule has 0 spiro atoms. The van der Waals surface area contributed by atoms with Crippen molar-refractivity contribution in [1.82, 2.24) is 9.55 Å². The number of anilines is 1. The smallest absolute Gasteiger partial charge is 0.359 e. The highest BCUT2D eigenvalue weighted by Crippen LogP contribution is 2.32. The van der Waals surface area contributed by atoms with Gasteiger partial charge in [0.15, 0.2) is 0 Å². The molecule has 1 heterocycles. The van der Waals surface area contributed by atoms with E-state index in [-0.39, 0.29) is 12.1 Å². The zero-order valence-corrected chi connectivity index (χ0v) is 10.6. The van der Waals surface area contributed by atoms with E-state index in [1.54, 1.807) is 30.8 Å². The van der Waals surface area contributed by atoms with E-state index in [9.17, 15) is 13.2 Å². The van der Waals surface area contributed by atoms with E-state index in [0.29, 0.717) is 5.95 Å². The maximum Gasteiger partial charge on any atom is 0.416 e. The minimum Gasteiger partial charge on any atom is -0.359 e. The van der Waals surface area contributed by atoms with Crippen molar-refractivity contribution in [1.29, 1.82) is 0 Å². The van der Waals surface area contributed by atoms with Crippen LogP contribution in [0.4, 0.5) is 19.1 Å². The van der Waals surface area contributed by atoms with Crippen molar-refractivity contribution in [3.05, 3.63) is 47.3 Å². The van der Waals surface area contributed by atoms with E-state index in [2.05, 4.69) is 10.3 Å². The Kier molecular flexibility index (Phi) is 3.50. The maximum atomic E-state index is 12.9. The minimum absolute atomic E-state index is 0.132. The van der Waals surface area contributed by atoms with Crippen molar-refractivity contribution in [3.8, 4) is 0 Å². The SMILES string of the molecule is CNc1nc(C)cn1Cc1ccccc1C(F)(F)F. The number of aromatic nitrogens is 2. The summed E-state index contributed by atoms with van der Waals surface area (Å²) in [6.07, 6.45) is -2.62. The highest BCUT2D eigenvalue weighted by molar-refractivity contribution is 5.34. The lowest BCUT2D eigenvalue weighted by molar-refractivity contribution is -0.138. The summed E-state index contributed by atoms with van der Waals surface area (Å²) in [6.45, 7) is 1.93. The second-order valence-corrected chi connectivity index (χ2v) is 4.24. The fourth-order valence-electron chi connectivity index (χ4n) is 1.99. The van der Waals surface area contributed by atoms with Crippen LogP contribution in [0.5, 0.6) is 0 Å². The van der Waals surface area contributed by atoms with E-state index in [1.165, 1.54) is 12.1 Å². The Hall–Kier alpha value is -1.98. The molecule has 1 N–H and O–H groups in total. The molecule has 0 atom stereocenters. The molecule has 3 nitrogen and oxygen atoms in total. The molecule has 0 amide bonds. The Bertz CT molecular complexity index is 573. The zero-order chi connectivity index (χ0) is 14.0. The number of halogens is 3. The number of benzene rings is 1. The van der Waals surface area contributed by atoms with Gasteiger partial charge in [-0.15, -0.1) is 0 Å². The predicted molar refractivity (Wildman–Crippen MR) is 67.1 cm³/mol. The predicted octanol–water partition coefficient (Wildman–Crippen LogP) is 3.30. The summed E-state index contributed by atoms with van der Waals surface area (Å²) in [4.78, 5) is 4.19. The number of imidazole rings is 1. The quantitative estimate of drug-likeness (QED) is 0.926. The van der Waals surface area contributed by atoms with Crippen LogP contribution in [0, 0.1) is 6.92 Å². The first-order valence-corrected chi connectivity index (χ1v) is 5.78. The van der Waals surface area contributed by atoms with Crippen LogP contribution in [0.15, 0.2) is 30.5 Å². The van der Waals surface area contributed by atoms with Gasteiger partial charge in [-0.05, 0) is 18.6 Å². The molecule has 102 valence electrons. The van der Waals surface area contributed by atoms with E-state index >= 15 is 0 Å². The van der Waals surface area contributed by atoms with E-state index < -0.39 is 11.7 Å². The fourth-order valence-corrected chi connectivity index (χ4v) is 1.99. The van der Waals surface area contributed by atoms with Gasteiger partial charge in [0, 0.05) is 13.2 Å². The van der Waals surface area contributed by atoms with Gasteiger partial charge in [-0.3, -0.25) is 0 Å². The Morgan fingerprint density at radius 2 is 1.95 bits per heavy atom. The molecule has 2 rings (SSSR count). The third kappa shape index (κ3) is 2.89. The second-order valence-electron chi connectivity index (χ2n) is 4.24. The highest BCUT2D eigenvalue weighted by atomic mass is 19.4. The molecule has 0 unspecified atom stereocenters. The fraction of sp³-hybridized carbons (Fsp3) is 0.308. The summed E-state index contributed by atoms with van der Waals surface area (Å²) in [5.41, 5.74) is 0.376. The van der Waals surface area contributed by atoms with Gasteiger partial charge in [0.2, 0.25) is 5.95 Å². The van der Waals surface area contributed by atoms with Gasteiger partial charge < -0.3 is 9.88 Å². The van der Waals surface area contributed by atoms with E-state index in [4.69, 9.17) is 0 Å². The third-order valence-corrected chi connectivity index (χ3v) is 2.78. The lowest BCUT2D eigenvalue weighted by Gasteiger charge is -2.14. The number of hydrogen-bond donors (Lipinski definition) is 1. The molecular weight excluding hydrogens is 255 g/mol. The summed E-state index contributed by atoms with van der Waals surface area (Å²) in [5, 5.41) is 2.87. The van der Waals surface area contributed by atoms with Crippen LogP contribution >= 0.6 is 0 Å². The van der Waals surface area contributed by atoms with Crippen LogP contribution in [-0.4, -0.2) is 16.6 Å². The van der Waals surface area contributed by atoms with Crippen molar-refractivity contribution in [2.45, 2.75) is 19.6 Å². The summed E-state index contributed by atoms with van der Waals surface area (Å²) in [6, 6.07) is 5.58. The molecule has 0 fully saturated rings. The summed E-state index contributed by atoms with van der Waals surface area (Å²) in [7, 11) is 1.69. The largest absolute Gasteiger partial charge is 0.416 e. The van der Waals surface area contributed by atoms with Gasteiger partial charge in [0.25, 0.3) is 0 Å². The van der Waals surface area contributed by atoms with Gasteiger partial charge in [-0.2, -0.15) is 13.2 Å². The molecule has 0 radical (unpaired) electrons. The molecule has 0 bridgehead atoms. The Balaban J connectivity index is 2.38. The molecule has 6 heteroatoms. The average Bonchev–Trinajstić information content (AvgIpc) is 2.69. The van der Waals surface area contributed by atoms with Crippen LogP contribution < -0.4 is 5.32 Å². The van der Waals surface area contributed by atoms with Crippen molar-refractivity contribution < 1.29 is 13.2 Å². The first-order chi connectivity index (χ1) is 8.91. The highest BCUT2D eigenvalue weighted by Gasteiger charge is 2.32. The molecule has 1 aromatic heterocycles. The van der Waals surface area contributed by atoms with Crippen molar-refractivity contribution >= 4 is 5.95 Å². The molecule has 2 aromatic rings. The number of hydrogen-bond acceptors (Lipinski definition) is 2. The zero-order valence-electron chi connectivity index (χ0n) is 10.6. The molecule has 19 heavy (non-hydrogen) atoms. The topological polar surface area (TPSA) is 29.9 Å². The van der Waals surface area contributed by atoms with Crippen molar-refractivity contribution in [2.24, 2.45) is 0 Å². The van der Waals surface area contributed by atoms with Crippen molar-refractivity contribution in [2.75, 3.05) is 12.4 Å². The monoisotopic (exact) mass is 269 g/mol. The Labute approximate surface area is 109 Å². The van der Waals surface area contributed by atoms with Gasteiger partial charge in [0.1, 0.15) is 0 Å². The lowest BCUT2D eigenvalue weighted by atomic mass is 10.1. The van der Waals surface area contributed by atoms with Gasteiger partial charge >= 0.3 is 6.18 Å². The van der Waals surface area contributed by atoms with Gasteiger partial charge in [-0.25, -0.2) is 4.98 Å².